The second-order valence-electron chi connectivity index (χ2n) is 9.87. The number of amides is 1. The van der Waals surface area contributed by atoms with E-state index in [1.54, 1.807) is 20.8 Å². The molecule has 2 atom stereocenters. The van der Waals surface area contributed by atoms with Crippen LogP contribution in [0.5, 0.6) is 0 Å². The average Bonchev–Trinajstić information content (AvgIpc) is 2.56. The summed E-state index contributed by atoms with van der Waals surface area (Å²) in [5, 5.41) is 2.68. The van der Waals surface area contributed by atoms with Gasteiger partial charge in [0.1, 0.15) is 5.60 Å². The van der Waals surface area contributed by atoms with Crippen LogP contribution >= 0.6 is 0 Å². The number of carbonyl (C=O) groups excluding carboxylic acids is 2. The van der Waals surface area contributed by atoms with Crippen molar-refractivity contribution in [1.29, 1.82) is 0 Å². The van der Waals surface area contributed by atoms with Crippen molar-refractivity contribution in [2.24, 2.45) is 5.92 Å². The van der Waals surface area contributed by atoms with Crippen LogP contribution in [0.3, 0.4) is 0 Å². The van der Waals surface area contributed by atoms with E-state index in [2.05, 4.69) is 26.1 Å². The van der Waals surface area contributed by atoms with Crippen LogP contribution in [0.2, 0.25) is 0 Å². The Hall–Kier alpha value is -1.69. The molecule has 0 saturated carbocycles. The van der Waals surface area contributed by atoms with Crippen molar-refractivity contribution in [3.8, 4) is 0 Å². The number of hydrogen-bond donors (Lipinski definition) is 1. The highest BCUT2D eigenvalue weighted by Gasteiger charge is 2.25. The van der Waals surface area contributed by atoms with Gasteiger partial charge in [-0.1, -0.05) is 46.8 Å². The number of ether oxygens (including phenoxy) is 1. The molecule has 0 spiro atoms. The van der Waals surface area contributed by atoms with Crippen LogP contribution in [0.15, 0.2) is 29.2 Å². The van der Waals surface area contributed by atoms with Gasteiger partial charge in [0, 0.05) is 17.1 Å². The van der Waals surface area contributed by atoms with Gasteiger partial charge in [0.25, 0.3) is 0 Å². The lowest BCUT2D eigenvalue weighted by Gasteiger charge is -2.24. The van der Waals surface area contributed by atoms with E-state index in [4.69, 9.17) is 4.74 Å². The topological polar surface area (TPSA) is 72.5 Å². The molecule has 0 aromatic heterocycles. The van der Waals surface area contributed by atoms with Gasteiger partial charge < -0.3 is 10.1 Å². The van der Waals surface area contributed by atoms with Gasteiger partial charge in [-0.2, -0.15) is 0 Å². The highest BCUT2D eigenvalue weighted by molar-refractivity contribution is 7.85. The van der Waals surface area contributed by atoms with Crippen LogP contribution in [-0.2, 0) is 25.7 Å². The Labute approximate surface area is 178 Å². The number of hydrogen-bond acceptors (Lipinski definition) is 4. The van der Waals surface area contributed by atoms with Crippen molar-refractivity contribution >= 4 is 22.7 Å². The monoisotopic (exact) mass is 423 g/mol. The molecule has 5 nitrogen and oxygen atoms in total. The number of Topliss-reactive ketones (excluding diaryl/α,β-unsaturated/α-hetero) is 1. The molecule has 1 N–H and O–H groups in total. The molecule has 0 saturated heterocycles. The Morgan fingerprint density at radius 3 is 2.03 bits per heavy atom. The average molecular weight is 424 g/mol. The van der Waals surface area contributed by atoms with Crippen molar-refractivity contribution in [3.63, 3.8) is 0 Å². The summed E-state index contributed by atoms with van der Waals surface area (Å²) in [4.78, 5) is 25.5. The molecule has 0 heterocycles. The predicted octanol–water partition coefficient (Wildman–Crippen LogP) is 4.99. The molecule has 1 rings (SSSR count). The Morgan fingerprint density at radius 1 is 1.03 bits per heavy atom. The van der Waals surface area contributed by atoms with E-state index in [0.717, 1.165) is 0 Å². The van der Waals surface area contributed by atoms with Crippen LogP contribution in [0.4, 0.5) is 4.79 Å². The van der Waals surface area contributed by atoms with Crippen LogP contribution in [0.25, 0.3) is 0 Å². The third-order valence-electron chi connectivity index (χ3n) is 4.30. The molecule has 164 valence electrons. The first-order chi connectivity index (χ1) is 13.2. The maximum atomic E-state index is 12.7. The van der Waals surface area contributed by atoms with Crippen molar-refractivity contribution in [1.82, 2.24) is 5.32 Å². The number of ketones is 1. The van der Waals surface area contributed by atoms with E-state index in [0.29, 0.717) is 11.3 Å². The zero-order valence-electron chi connectivity index (χ0n) is 19.1. The summed E-state index contributed by atoms with van der Waals surface area (Å²) in [6.07, 6.45) is 0.0571. The van der Waals surface area contributed by atoms with Crippen LogP contribution in [0.1, 0.15) is 73.8 Å². The Bertz CT molecular complexity index is 712. The summed E-state index contributed by atoms with van der Waals surface area (Å²) >= 11 is 0. The van der Waals surface area contributed by atoms with Crippen LogP contribution in [0, 0.1) is 5.92 Å². The minimum absolute atomic E-state index is 0.0351. The molecule has 0 bridgehead atoms. The molecular weight excluding hydrogens is 386 g/mol. The van der Waals surface area contributed by atoms with Gasteiger partial charge in [0.05, 0.1) is 16.8 Å². The number of benzene rings is 1. The minimum Gasteiger partial charge on any atom is -0.444 e. The van der Waals surface area contributed by atoms with Gasteiger partial charge in [0.2, 0.25) is 0 Å². The van der Waals surface area contributed by atoms with E-state index < -0.39 is 28.5 Å². The smallest absolute Gasteiger partial charge is 0.408 e. The molecular formula is C23H37NO4S. The fraction of sp³-hybridized carbons (Fsp3) is 0.652. The second-order valence-corrected chi connectivity index (χ2v) is 11.4. The normalized spacial score (nSPS) is 14.4. The van der Waals surface area contributed by atoms with Gasteiger partial charge in [-0.25, -0.2) is 4.79 Å². The molecule has 0 aliphatic rings. The van der Waals surface area contributed by atoms with Crippen LogP contribution in [-0.4, -0.2) is 33.5 Å². The summed E-state index contributed by atoms with van der Waals surface area (Å²) in [6.45, 7) is 15.7. The van der Waals surface area contributed by atoms with Gasteiger partial charge in [-0.3, -0.25) is 9.00 Å². The van der Waals surface area contributed by atoms with E-state index in [-0.39, 0.29) is 29.3 Å². The number of nitrogens with one attached hydrogen (secondary N) is 1. The third-order valence-corrected chi connectivity index (χ3v) is 5.68. The molecule has 2 unspecified atom stereocenters. The summed E-state index contributed by atoms with van der Waals surface area (Å²) in [5.41, 5.74) is 0.580. The first kappa shape index (κ1) is 25.3. The van der Waals surface area contributed by atoms with Gasteiger partial charge in [-0.15, -0.1) is 0 Å². The molecule has 0 aliphatic heterocycles. The van der Waals surface area contributed by atoms with Crippen LogP contribution < -0.4 is 5.32 Å². The molecule has 6 heteroatoms. The fourth-order valence-electron chi connectivity index (χ4n) is 2.78. The Morgan fingerprint density at radius 2 is 1.59 bits per heavy atom. The number of alkyl carbamates (subject to hydrolysis) is 1. The molecule has 1 amide bonds. The predicted molar refractivity (Wildman–Crippen MR) is 119 cm³/mol. The van der Waals surface area contributed by atoms with Gasteiger partial charge >= 0.3 is 6.09 Å². The standard InChI is InChI=1S/C23H37NO4S/c1-16(2)15-19(24-21(26)28-23(6,7)8)20(25)13-14-29(27)18-11-9-17(10-12-18)22(3,4)5/h9-12,16,19H,13-15H2,1-8H3,(H,24,26). The number of rotatable bonds is 8. The quantitative estimate of drug-likeness (QED) is 0.639. The lowest BCUT2D eigenvalue weighted by atomic mass is 9.87. The third kappa shape index (κ3) is 9.57. The van der Waals surface area contributed by atoms with Crippen molar-refractivity contribution in [3.05, 3.63) is 29.8 Å². The summed E-state index contributed by atoms with van der Waals surface area (Å²) < 4.78 is 17.9. The first-order valence-corrected chi connectivity index (χ1v) is 11.5. The lowest BCUT2D eigenvalue weighted by Crippen LogP contribution is -2.44. The molecule has 0 aliphatic carbocycles. The Kier molecular flexibility index (Phi) is 9.07. The lowest BCUT2D eigenvalue weighted by molar-refractivity contribution is -0.121. The minimum atomic E-state index is -1.26. The molecule has 0 radical (unpaired) electrons. The maximum absolute atomic E-state index is 12.7. The summed E-state index contributed by atoms with van der Waals surface area (Å²) in [6, 6.07) is 7.07. The fourth-order valence-corrected chi connectivity index (χ4v) is 3.85. The molecule has 1 aromatic rings. The highest BCUT2D eigenvalue weighted by Crippen LogP contribution is 2.23. The van der Waals surface area contributed by atoms with Crippen molar-refractivity contribution in [2.75, 3.05) is 5.75 Å². The zero-order valence-corrected chi connectivity index (χ0v) is 19.9. The highest BCUT2D eigenvalue weighted by atomic mass is 32.2. The molecule has 29 heavy (non-hydrogen) atoms. The van der Waals surface area contributed by atoms with E-state index in [1.165, 1.54) is 5.56 Å². The molecule has 0 fully saturated rings. The Balaban J connectivity index is 2.71. The first-order valence-electron chi connectivity index (χ1n) is 10.2. The van der Waals surface area contributed by atoms with E-state index in [1.807, 2.05) is 38.1 Å². The number of carbonyl (C=O) groups is 2. The molecule has 1 aromatic carbocycles. The van der Waals surface area contributed by atoms with Crippen molar-refractivity contribution < 1.29 is 18.5 Å². The van der Waals surface area contributed by atoms with Gasteiger partial charge in [-0.05, 0) is 56.2 Å². The van der Waals surface area contributed by atoms with E-state index in [9.17, 15) is 13.8 Å². The van der Waals surface area contributed by atoms with Gasteiger partial charge in [0.15, 0.2) is 5.78 Å². The summed E-state index contributed by atoms with van der Waals surface area (Å²) in [7, 11) is -1.26. The van der Waals surface area contributed by atoms with Crippen molar-refractivity contribution in [2.45, 2.75) is 90.2 Å². The zero-order chi connectivity index (χ0) is 22.4. The second kappa shape index (κ2) is 10.4. The largest absolute Gasteiger partial charge is 0.444 e. The van der Waals surface area contributed by atoms with E-state index >= 15 is 0 Å². The summed E-state index contributed by atoms with van der Waals surface area (Å²) in [5.74, 6) is 0.344. The maximum Gasteiger partial charge on any atom is 0.408 e. The SMILES string of the molecule is CC(C)CC(NC(=O)OC(C)(C)C)C(=O)CCS(=O)c1ccc(C(C)(C)C)cc1.